The van der Waals surface area contributed by atoms with Crippen LogP contribution in [0.3, 0.4) is 0 Å². The highest BCUT2D eigenvalue weighted by atomic mass is 79.9. The van der Waals surface area contributed by atoms with E-state index in [1.54, 1.807) is 0 Å². The van der Waals surface area contributed by atoms with Crippen LogP contribution in [-0.2, 0) is 0 Å². The second-order valence-corrected chi connectivity index (χ2v) is 10.4. The predicted molar refractivity (Wildman–Crippen MR) is 166 cm³/mol. The minimum Gasteiger partial charge on any atom is -0.309 e. The molecule has 0 bridgehead atoms. The van der Waals surface area contributed by atoms with Crippen molar-refractivity contribution in [3.63, 3.8) is 0 Å². The summed E-state index contributed by atoms with van der Waals surface area (Å²) in [5, 5.41) is 2.47. The van der Waals surface area contributed by atoms with Crippen molar-refractivity contribution in [1.29, 1.82) is 0 Å². The van der Waals surface area contributed by atoms with Gasteiger partial charge in [-0.3, -0.25) is 4.98 Å². The van der Waals surface area contributed by atoms with E-state index < -0.39 is 0 Å². The van der Waals surface area contributed by atoms with Gasteiger partial charge in [-0.05, 0) is 66.7 Å². The Bertz CT molecular complexity index is 1890. The maximum absolute atomic E-state index is 4.84. The van der Waals surface area contributed by atoms with Gasteiger partial charge in [0.1, 0.15) is 0 Å². The Morgan fingerprint density at radius 3 is 1.92 bits per heavy atom. The van der Waals surface area contributed by atoms with Crippen LogP contribution >= 0.6 is 15.9 Å². The number of benzene rings is 5. The summed E-state index contributed by atoms with van der Waals surface area (Å²) < 4.78 is 3.40. The fourth-order valence-corrected chi connectivity index (χ4v) is 5.55. The lowest BCUT2D eigenvalue weighted by atomic mass is 10.1. The summed E-state index contributed by atoms with van der Waals surface area (Å²) in [4.78, 5) is 7.11. The second kappa shape index (κ2) is 9.90. The zero-order chi connectivity index (χ0) is 26.2. The number of halogens is 1. The van der Waals surface area contributed by atoms with Crippen LogP contribution in [-0.4, -0.2) is 9.55 Å². The molecular formula is C35H24BrN3. The summed E-state index contributed by atoms with van der Waals surface area (Å²) in [6.07, 6.45) is 1.96. The van der Waals surface area contributed by atoms with E-state index in [0.29, 0.717) is 0 Å². The zero-order valence-corrected chi connectivity index (χ0v) is 22.7. The third-order valence-electron chi connectivity index (χ3n) is 7.09. The summed E-state index contributed by atoms with van der Waals surface area (Å²) in [5.74, 6) is 0. The fraction of sp³-hybridized carbons (Fsp3) is 0. The minimum atomic E-state index is 0.953. The van der Waals surface area contributed by atoms with Gasteiger partial charge in [-0.15, -0.1) is 0 Å². The molecular weight excluding hydrogens is 542 g/mol. The molecule has 0 aliphatic rings. The number of rotatable bonds is 5. The molecule has 4 heteroatoms. The molecule has 0 spiro atoms. The maximum Gasteiger partial charge on any atom is 0.0703 e. The SMILES string of the molecule is Brc1ccc(N(c2ccc(-c3ccccc3)nc2)c2ccc3c4ccccc4n(-c4ccccc4)c3c2)cc1. The highest BCUT2D eigenvalue weighted by molar-refractivity contribution is 9.10. The van der Waals surface area contributed by atoms with Gasteiger partial charge in [0.25, 0.3) is 0 Å². The number of hydrogen-bond acceptors (Lipinski definition) is 2. The van der Waals surface area contributed by atoms with Crippen molar-refractivity contribution in [3.8, 4) is 16.9 Å². The summed E-state index contributed by atoms with van der Waals surface area (Å²) in [6, 6.07) is 48.9. The Kier molecular flexibility index (Phi) is 5.95. The van der Waals surface area contributed by atoms with Gasteiger partial charge in [-0.2, -0.15) is 0 Å². The standard InChI is InChI=1S/C35H24BrN3/c36-26-15-17-28(18-16-26)38(30-20-22-33(37-24-30)25-9-3-1-4-10-25)29-19-21-32-31-13-7-8-14-34(31)39(35(32)23-29)27-11-5-2-6-12-27/h1-24H. The van der Waals surface area contributed by atoms with Crippen LogP contribution in [0.2, 0.25) is 0 Å². The van der Waals surface area contributed by atoms with Gasteiger partial charge in [0.05, 0.1) is 28.6 Å². The van der Waals surface area contributed by atoms with Crippen LogP contribution < -0.4 is 4.90 Å². The average molecular weight is 567 g/mol. The van der Waals surface area contributed by atoms with E-state index in [4.69, 9.17) is 4.98 Å². The van der Waals surface area contributed by atoms with Crippen LogP contribution in [0, 0.1) is 0 Å². The van der Waals surface area contributed by atoms with E-state index >= 15 is 0 Å². The molecule has 0 radical (unpaired) electrons. The number of hydrogen-bond donors (Lipinski definition) is 0. The normalized spacial score (nSPS) is 11.2. The lowest BCUT2D eigenvalue weighted by Gasteiger charge is -2.25. The average Bonchev–Trinajstić information content (AvgIpc) is 3.33. The van der Waals surface area contributed by atoms with Gasteiger partial charge in [0, 0.05) is 37.9 Å². The largest absolute Gasteiger partial charge is 0.309 e. The molecule has 0 N–H and O–H groups in total. The Hall–Kier alpha value is -4.67. The van der Waals surface area contributed by atoms with E-state index in [1.165, 1.54) is 16.3 Å². The van der Waals surface area contributed by atoms with Crippen molar-refractivity contribution in [2.24, 2.45) is 0 Å². The van der Waals surface area contributed by atoms with Gasteiger partial charge in [-0.25, -0.2) is 0 Å². The highest BCUT2D eigenvalue weighted by Gasteiger charge is 2.17. The third-order valence-corrected chi connectivity index (χ3v) is 7.62. The Labute approximate surface area is 235 Å². The zero-order valence-electron chi connectivity index (χ0n) is 21.1. The number of fused-ring (bicyclic) bond motifs is 3. The Morgan fingerprint density at radius 1 is 0.538 bits per heavy atom. The molecule has 3 nitrogen and oxygen atoms in total. The fourth-order valence-electron chi connectivity index (χ4n) is 5.29. The van der Waals surface area contributed by atoms with Crippen LogP contribution in [0.15, 0.2) is 150 Å². The molecule has 7 rings (SSSR count). The van der Waals surface area contributed by atoms with Gasteiger partial charge in [-0.1, -0.05) is 88.7 Å². The third kappa shape index (κ3) is 4.29. The van der Waals surface area contributed by atoms with Crippen molar-refractivity contribution < 1.29 is 0 Å². The summed E-state index contributed by atoms with van der Waals surface area (Å²) in [5.41, 5.74) is 8.69. The van der Waals surface area contributed by atoms with Crippen LogP contribution in [0.25, 0.3) is 38.8 Å². The summed E-state index contributed by atoms with van der Waals surface area (Å²) in [7, 11) is 0. The van der Waals surface area contributed by atoms with Crippen LogP contribution in [0.4, 0.5) is 17.1 Å². The maximum atomic E-state index is 4.84. The first-order valence-electron chi connectivity index (χ1n) is 12.9. The molecule has 0 aliphatic carbocycles. The molecule has 0 saturated heterocycles. The van der Waals surface area contributed by atoms with Crippen molar-refractivity contribution in [3.05, 3.63) is 150 Å². The van der Waals surface area contributed by atoms with Gasteiger partial charge in [0.15, 0.2) is 0 Å². The molecule has 0 fully saturated rings. The van der Waals surface area contributed by atoms with E-state index in [1.807, 2.05) is 24.4 Å². The van der Waals surface area contributed by atoms with Crippen LogP contribution in [0.5, 0.6) is 0 Å². The van der Waals surface area contributed by atoms with Gasteiger partial charge in [0.2, 0.25) is 0 Å². The first-order chi connectivity index (χ1) is 19.3. The molecule has 5 aromatic carbocycles. The molecule has 0 unspecified atom stereocenters. The Morgan fingerprint density at radius 2 is 1.18 bits per heavy atom. The predicted octanol–water partition coefficient (Wildman–Crippen LogP) is 10.1. The molecule has 0 saturated carbocycles. The number of nitrogens with zero attached hydrogens (tertiary/aromatic N) is 3. The molecule has 0 amide bonds. The monoisotopic (exact) mass is 565 g/mol. The lowest BCUT2D eigenvalue weighted by molar-refractivity contribution is 1.17. The lowest BCUT2D eigenvalue weighted by Crippen LogP contribution is -2.10. The van der Waals surface area contributed by atoms with E-state index in [9.17, 15) is 0 Å². The second-order valence-electron chi connectivity index (χ2n) is 9.47. The number of pyridine rings is 1. The molecule has 2 aromatic heterocycles. The molecule has 186 valence electrons. The topological polar surface area (TPSA) is 21.1 Å². The molecule has 0 aliphatic heterocycles. The van der Waals surface area contributed by atoms with Crippen molar-refractivity contribution in [2.45, 2.75) is 0 Å². The van der Waals surface area contributed by atoms with E-state index in [0.717, 1.165) is 44.0 Å². The number of anilines is 3. The summed E-state index contributed by atoms with van der Waals surface area (Å²) in [6.45, 7) is 0. The smallest absolute Gasteiger partial charge is 0.0703 e. The molecule has 39 heavy (non-hydrogen) atoms. The van der Waals surface area contributed by atoms with Gasteiger partial charge >= 0.3 is 0 Å². The van der Waals surface area contributed by atoms with E-state index in [-0.39, 0.29) is 0 Å². The van der Waals surface area contributed by atoms with Gasteiger partial charge < -0.3 is 9.47 Å². The van der Waals surface area contributed by atoms with Crippen molar-refractivity contribution >= 4 is 54.8 Å². The highest BCUT2D eigenvalue weighted by Crippen LogP contribution is 2.39. The molecule has 0 atom stereocenters. The summed E-state index contributed by atoms with van der Waals surface area (Å²) >= 11 is 3.60. The van der Waals surface area contributed by atoms with E-state index in [2.05, 4.69) is 147 Å². The minimum absolute atomic E-state index is 0.953. The van der Waals surface area contributed by atoms with Crippen molar-refractivity contribution in [1.82, 2.24) is 9.55 Å². The quantitative estimate of drug-likeness (QED) is 0.207. The molecule has 2 heterocycles. The first kappa shape index (κ1) is 23.4. The number of aromatic nitrogens is 2. The van der Waals surface area contributed by atoms with Crippen LogP contribution in [0.1, 0.15) is 0 Å². The van der Waals surface area contributed by atoms with Crippen molar-refractivity contribution in [2.75, 3.05) is 4.90 Å². The molecule has 7 aromatic rings. The first-order valence-corrected chi connectivity index (χ1v) is 13.7. The Balaban J connectivity index is 1.43. The number of para-hydroxylation sites is 2.